The van der Waals surface area contributed by atoms with Gasteiger partial charge in [0.2, 0.25) is 0 Å². The standard InChI is InChI=1S/C14H20FNO/c1-11(17)14-7-2-3-8-16(14)10-12-5-4-6-13(15)9-12/h4-6,9,11,14,17H,2-3,7-8,10H2,1H3. The minimum atomic E-state index is -0.316. The zero-order valence-corrected chi connectivity index (χ0v) is 10.3. The second-order valence-electron chi connectivity index (χ2n) is 4.90. The lowest BCUT2D eigenvalue weighted by Gasteiger charge is -2.37. The molecule has 94 valence electrons. The first-order chi connectivity index (χ1) is 8.16. The quantitative estimate of drug-likeness (QED) is 0.873. The van der Waals surface area contributed by atoms with Crippen molar-refractivity contribution in [3.05, 3.63) is 35.6 Å². The van der Waals surface area contributed by atoms with E-state index in [4.69, 9.17) is 0 Å². The summed E-state index contributed by atoms with van der Waals surface area (Å²) in [6, 6.07) is 6.94. The van der Waals surface area contributed by atoms with E-state index in [-0.39, 0.29) is 18.0 Å². The van der Waals surface area contributed by atoms with Crippen molar-refractivity contribution in [3.63, 3.8) is 0 Å². The molecule has 2 nitrogen and oxygen atoms in total. The van der Waals surface area contributed by atoms with Gasteiger partial charge in [-0.25, -0.2) is 4.39 Å². The third-order valence-electron chi connectivity index (χ3n) is 3.50. The van der Waals surface area contributed by atoms with Crippen LogP contribution >= 0.6 is 0 Å². The van der Waals surface area contributed by atoms with E-state index >= 15 is 0 Å². The first-order valence-electron chi connectivity index (χ1n) is 6.33. The van der Waals surface area contributed by atoms with Crippen molar-refractivity contribution < 1.29 is 9.50 Å². The molecule has 1 aromatic rings. The Bertz CT molecular complexity index is 367. The summed E-state index contributed by atoms with van der Waals surface area (Å²) in [5.74, 6) is -0.187. The number of hydrogen-bond acceptors (Lipinski definition) is 2. The molecule has 2 unspecified atom stereocenters. The molecule has 1 fully saturated rings. The fourth-order valence-corrected chi connectivity index (χ4v) is 2.63. The van der Waals surface area contributed by atoms with Crippen LogP contribution in [0.5, 0.6) is 0 Å². The zero-order valence-electron chi connectivity index (χ0n) is 10.3. The Morgan fingerprint density at radius 1 is 1.47 bits per heavy atom. The molecule has 0 spiro atoms. The van der Waals surface area contributed by atoms with E-state index < -0.39 is 0 Å². The highest BCUT2D eigenvalue weighted by molar-refractivity contribution is 5.16. The molecule has 1 N–H and O–H groups in total. The number of benzene rings is 1. The maximum Gasteiger partial charge on any atom is 0.123 e. The number of nitrogens with zero attached hydrogens (tertiary/aromatic N) is 1. The molecule has 0 amide bonds. The number of likely N-dealkylation sites (tertiary alicyclic amines) is 1. The van der Waals surface area contributed by atoms with Crippen LogP contribution in [-0.4, -0.2) is 28.7 Å². The fourth-order valence-electron chi connectivity index (χ4n) is 2.63. The normalized spacial score (nSPS) is 23.6. The van der Waals surface area contributed by atoms with Gasteiger partial charge in [0.15, 0.2) is 0 Å². The molecular formula is C14H20FNO. The summed E-state index contributed by atoms with van der Waals surface area (Å²) < 4.78 is 13.1. The number of hydrogen-bond donors (Lipinski definition) is 1. The summed E-state index contributed by atoms with van der Waals surface area (Å²) in [6.45, 7) is 3.56. The Labute approximate surface area is 102 Å². The lowest BCUT2D eigenvalue weighted by molar-refractivity contribution is 0.0316. The van der Waals surface area contributed by atoms with Crippen LogP contribution in [0.15, 0.2) is 24.3 Å². The molecule has 1 aliphatic rings. The molecule has 1 heterocycles. The Morgan fingerprint density at radius 3 is 3.00 bits per heavy atom. The third-order valence-corrected chi connectivity index (χ3v) is 3.50. The van der Waals surface area contributed by atoms with Crippen LogP contribution < -0.4 is 0 Å². The molecule has 1 aliphatic heterocycles. The monoisotopic (exact) mass is 237 g/mol. The van der Waals surface area contributed by atoms with Gasteiger partial charge in [-0.1, -0.05) is 18.6 Å². The van der Waals surface area contributed by atoms with Crippen molar-refractivity contribution >= 4 is 0 Å². The van der Waals surface area contributed by atoms with Crippen molar-refractivity contribution in [2.24, 2.45) is 0 Å². The Hall–Kier alpha value is -0.930. The average Bonchev–Trinajstić information content (AvgIpc) is 2.29. The predicted octanol–water partition coefficient (Wildman–Crippen LogP) is 2.56. The van der Waals surface area contributed by atoms with Gasteiger partial charge in [0, 0.05) is 12.6 Å². The molecule has 0 bridgehead atoms. The molecule has 0 aromatic heterocycles. The van der Waals surface area contributed by atoms with Gasteiger partial charge in [-0.15, -0.1) is 0 Å². The zero-order chi connectivity index (χ0) is 12.3. The molecule has 1 aromatic carbocycles. The molecule has 17 heavy (non-hydrogen) atoms. The largest absolute Gasteiger partial charge is 0.392 e. The minimum absolute atomic E-state index is 0.187. The Kier molecular flexibility index (Phi) is 4.13. The third kappa shape index (κ3) is 3.27. The Morgan fingerprint density at radius 2 is 2.29 bits per heavy atom. The van der Waals surface area contributed by atoms with E-state index in [2.05, 4.69) is 4.90 Å². The summed E-state index contributed by atoms with van der Waals surface area (Å²) in [4.78, 5) is 2.27. The van der Waals surface area contributed by atoms with Crippen LogP contribution in [0.3, 0.4) is 0 Å². The van der Waals surface area contributed by atoms with Crippen LogP contribution in [0.4, 0.5) is 4.39 Å². The molecule has 0 radical (unpaired) electrons. The molecule has 2 atom stereocenters. The Balaban J connectivity index is 2.05. The number of aliphatic hydroxyl groups is 1. The van der Waals surface area contributed by atoms with Crippen molar-refractivity contribution in [1.29, 1.82) is 0 Å². The molecule has 3 heteroatoms. The second kappa shape index (κ2) is 5.61. The van der Waals surface area contributed by atoms with Gasteiger partial charge in [0.25, 0.3) is 0 Å². The first-order valence-corrected chi connectivity index (χ1v) is 6.33. The van der Waals surface area contributed by atoms with Crippen molar-refractivity contribution in [3.8, 4) is 0 Å². The number of aliphatic hydroxyl groups excluding tert-OH is 1. The number of halogens is 1. The maximum atomic E-state index is 13.1. The number of piperidine rings is 1. The smallest absolute Gasteiger partial charge is 0.123 e. The summed E-state index contributed by atoms with van der Waals surface area (Å²) >= 11 is 0. The van der Waals surface area contributed by atoms with E-state index in [0.29, 0.717) is 0 Å². The van der Waals surface area contributed by atoms with E-state index in [1.165, 1.54) is 18.9 Å². The highest BCUT2D eigenvalue weighted by Gasteiger charge is 2.25. The number of rotatable bonds is 3. The average molecular weight is 237 g/mol. The topological polar surface area (TPSA) is 23.5 Å². The lowest BCUT2D eigenvalue weighted by atomic mass is 9.97. The van der Waals surface area contributed by atoms with Crippen molar-refractivity contribution in [2.75, 3.05) is 6.54 Å². The van der Waals surface area contributed by atoms with Gasteiger partial charge in [-0.05, 0) is 44.0 Å². The molecule has 2 rings (SSSR count). The first kappa shape index (κ1) is 12.5. The summed E-state index contributed by atoms with van der Waals surface area (Å²) in [5, 5.41) is 9.76. The van der Waals surface area contributed by atoms with E-state index in [1.807, 2.05) is 13.0 Å². The van der Waals surface area contributed by atoms with Gasteiger partial charge >= 0.3 is 0 Å². The van der Waals surface area contributed by atoms with Gasteiger partial charge in [-0.3, -0.25) is 4.90 Å². The highest BCUT2D eigenvalue weighted by Crippen LogP contribution is 2.22. The SMILES string of the molecule is CC(O)C1CCCCN1Cc1cccc(F)c1. The summed E-state index contributed by atoms with van der Waals surface area (Å²) in [6.07, 6.45) is 3.06. The van der Waals surface area contributed by atoms with Crippen LogP contribution in [0.25, 0.3) is 0 Å². The van der Waals surface area contributed by atoms with Gasteiger partial charge in [0.1, 0.15) is 5.82 Å². The predicted molar refractivity (Wildman–Crippen MR) is 66.1 cm³/mol. The fraction of sp³-hybridized carbons (Fsp3) is 0.571. The van der Waals surface area contributed by atoms with Crippen LogP contribution in [0, 0.1) is 5.82 Å². The van der Waals surface area contributed by atoms with E-state index in [9.17, 15) is 9.50 Å². The summed E-state index contributed by atoms with van der Waals surface area (Å²) in [5.41, 5.74) is 0.984. The summed E-state index contributed by atoms with van der Waals surface area (Å²) in [7, 11) is 0. The highest BCUT2D eigenvalue weighted by atomic mass is 19.1. The molecular weight excluding hydrogens is 217 g/mol. The van der Waals surface area contributed by atoms with Gasteiger partial charge in [-0.2, -0.15) is 0 Å². The van der Waals surface area contributed by atoms with Crippen molar-refractivity contribution in [1.82, 2.24) is 4.90 Å². The second-order valence-corrected chi connectivity index (χ2v) is 4.90. The van der Waals surface area contributed by atoms with Crippen LogP contribution in [0.1, 0.15) is 31.7 Å². The van der Waals surface area contributed by atoms with Crippen LogP contribution in [0.2, 0.25) is 0 Å². The molecule has 1 saturated heterocycles. The minimum Gasteiger partial charge on any atom is -0.392 e. The maximum absolute atomic E-state index is 13.1. The lowest BCUT2D eigenvalue weighted by Crippen LogP contribution is -2.45. The molecule has 0 aliphatic carbocycles. The van der Waals surface area contributed by atoms with Crippen LogP contribution in [-0.2, 0) is 6.54 Å². The van der Waals surface area contributed by atoms with E-state index in [1.54, 1.807) is 12.1 Å². The molecule has 0 saturated carbocycles. The van der Waals surface area contributed by atoms with Gasteiger partial charge in [0.05, 0.1) is 6.10 Å². The van der Waals surface area contributed by atoms with Gasteiger partial charge < -0.3 is 5.11 Å². The van der Waals surface area contributed by atoms with E-state index in [0.717, 1.165) is 25.1 Å². The van der Waals surface area contributed by atoms with Crippen molar-refractivity contribution in [2.45, 2.75) is 44.9 Å².